The number of rotatable bonds is 5. The summed E-state index contributed by atoms with van der Waals surface area (Å²) in [6.07, 6.45) is 2.01. The van der Waals surface area contributed by atoms with Crippen LogP contribution in [0.15, 0.2) is 88.7 Å². The molecule has 174 valence electrons. The Bertz CT molecular complexity index is 1540. The minimum atomic E-state index is -3.80. The van der Waals surface area contributed by atoms with E-state index in [9.17, 15) is 22.0 Å². The van der Waals surface area contributed by atoms with E-state index in [4.69, 9.17) is 0 Å². The van der Waals surface area contributed by atoms with Gasteiger partial charge >= 0.3 is 5.92 Å². The maximum absolute atomic E-state index is 15.7. The number of benzene rings is 3. The largest absolute Gasteiger partial charge is 0.304 e. The fourth-order valence-electron chi connectivity index (χ4n) is 3.45. The van der Waals surface area contributed by atoms with Crippen molar-refractivity contribution in [1.82, 2.24) is 9.78 Å². The highest BCUT2D eigenvalue weighted by atomic mass is 32.2. The monoisotopic (exact) mass is 488 g/mol. The molecule has 0 aliphatic heterocycles. The van der Waals surface area contributed by atoms with E-state index in [1.54, 1.807) is 0 Å². The number of sulfone groups is 1. The Morgan fingerprint density at radius 3 is 2.12 bits per heavy atom. The lowest BCUT2D eigenvalue weighted by Crippen LogP contribution is -2.33. The molecule has 0 aliphatic rings. The summed E-state index contributed by atoms with van der Waals surface area (Å²) < 4.78 is 82.7. The van der Waals surface area contributed by atoms with Crippen molar-refractivity contribution in [3.63, 3.8) is 0 Å². The third-order valence-electron chi connectivity index (χ3n) is 5.17. The number of halogens is 4. The van der Waals surface area contributed by atoms with E-state index < -0.39 is 44.1 Å². The molecule has 5 nitrogen and oxygen atoms in total. The summed E-state index contributed by atoms with van der Waals surface area (Å²) >= 11 is 0. The Morgan fingerprint density at radius 1 is 0.882 bits per heavy atom. The number of aromatic nitrogens is 2. The summed E-state index contributed by atoms with van der Waals surface area (Å²) in [5.74, 6) is -6.25. The minimum absolute atomic E-state index is 0.0318. The van der Waals surface area contributed by atoms with Crippen molar-refractivity contribution >= 4 is 9.84 Å². The Labute approximate surface area is 191 Å². The van der Waals surface area contributed by atoms with Gasteiger partial charge in [-0.25, -0.2) is 17.2 Å². The third kappa shape index (κ3) is 4.24. The van der Waals surface area contributed by atoms with Crippen LogP contribution in [0.2, 0.25) is 0 Å². The average Bonchev–Trinajstić information content (AvgIpc) is 2.80. The molecule has 0 bridgehead atoms. The van der Waals surface area contributed by atoms with Gasteiger partial charge in [0.25, 0.3) is 5.56 Å². The summed E-state index contributed by atoms with van der Waals surface area (Å²) in [6, 6.07) is 14.1. The molecule has 0 fully saturated rings. The first-order chi connectivity index (χ1) is 16.0. The fourth-order valence-corrected chi connectivity index (χ4v) is 4.08. The molecule has 0 amide bonds. The van der Waals surface area contributed by atoms with Crippen molar-refractivity contribution in [3.8, 4) is 16.8 Å². The third-order valence-corrected chi connectivity index (χ3v) is 6.30. The molecule has 1 heterocycles. The number of nitrogens with zero attached hydrogens (tertiary/aromatic N) is 2. The highest BCUT2D eigenvalue weighted by Gasteiger charge is 2.40. The molecule has 3 aromatic carbocycles. The predicted molar refractivity (Wildman–Crippen MR) is 118 cm³/mol. The normalized spacial score (nSPS) is 12.0. The van der Waals surface area contributed by atoms with E-state index in [1.807, 2.05) is 0 Å². The van der Waals surface area contributed by atoms with Crippen LogP contribution in [0.1, 0.15) is 11.1 Å². The van der Waals surface area contributed by atoms with Crippen LogP contribution >= 0.6 is 0 Å². The Morgan fingerprint density at radius 2 is 1.53 bits per heavy atom. The minimum Gasteiger partial charge on any atom is -0.267 e. The second-order valence-corrected chi connectivity index (χ2v) is 9.50. The first-order valence-corrected chi connectivity index (χ1v) is 11.7. The van der Waals surface area contributed by atoms with Crippen LogP contribution in [0.25, 0.3) is 16.8 Å². The van der Waals surface area contributed by atoms with Gasteiger partial charge in [-0.15, -0.1) is 0 Å². The maximum atomic E-state index is 15.7. The van der Waals surface area contributed by atoms with Gasteiger partial charge < -0.3 is 0 Å². The van der Waals surface area contributed by atoms with Crippen LogP contribution in [-0.4, -0.2) is 24.5 Å². The van der Waals surface area contributed by atoms with Gasteiger partial charge in [0.15, 0.2) is 21.5 Å². The predicted octanol–water partition coefficient (Wildman–Crippen LogP) is 4.72. The topological polar surface area (TPSA) is 69.0 Å². The molecule has 10 heteroatoms. The van der Waals surface area contributed by atoms with E-state index in [-0.39, 0.29) is 21.7 Å². The van der Waals surface area contributed by atoms with Crippen molar-refractivity contribution in [2.24, 2.45) is 0 Å². The van der Waals surface area contributed by atoms with Gasteiger partial charge in [0.05, 0.1) is 16.8 Å². The van der Waals surface area contributed by atoms with E-state index in [2.05, 4.69) is 5.10 Å². The lowest BCUT2D eigenvalue weighted by Gasteiger charge is -2.21. The molecule has 4 aromatic rings. The molecule has 34 heavy (non-hydrogen) atoms. The Kier molecular flexibility index (Phi) is 5.86. The van der Waals surface area contributed by atoms with E-state index in [1.165, 1.54) is 42.5 Å². The molecule has 0 aliphatic carbocycles. The summed E-state index contributed by atoms with van der Waals surface area (Å²) in [4.78, 5) is 13.3. The van der Waals surface area contributed by atoms with Gasteiger partial charge in [0.2, 0.25) is 0 Å². The van der Waals surface area contributed by atoms with Crippen LogP contribution in [0.5, 0.6) is 0 Å². The van der Waals surface area contributed by atoms with Gasteiger partial charge in [-0.05, 0) is 29.8 Å². The molecule has 4 rings (SSSR count). The molecule has 0 atom stereocenters. The molecule has 0 saturated carbocycles. The van der Waals surface area contributed by atoms with Crippen LogP contribution in [0.3, 0.4) is 0 Å². The Hall–Kier alpha value is -3.79. The molecule has 0 radical (unpaired) electrons. The standard InChI is InChI=1S/C24H16F4N2O3S/c1-34(32,33)18-10-7-15(8-11-18)19-14-29-30(17-9-12-20(25)21(26)13-17)23(31)22(19)24(27,28)16-5-3-2-4-6-16/h2-14H,1H3. The van der Waals surface area contributed by atoms with Gasteiger partial charge in [-0.1, -0.05) is 42.5 Å². The molecule has 0 N–H and O–H groups in total. The Balaban J connectivity index is 1.99. The quantitative estimate of drug-likeness (QED) is 0.381. The van der Waals surface area contributed by atoms with Crippen LogP contribution < -0.4 is 5.56 Å². The molecule has 0 spiro atoms. The van der Waals surface area contributed by atoms with Gasteiger partial charge in [0.1, 0.15) is 5.56 Å². The molecule has 0 unspecified atom stereocenters. The lowest BCUT2D eigenvalue weighted by molar-refractivity contribution is 0.0414. The summed E-state index contributed by atoms with van der Waals surface area (Å²) in [7, 11) is -3.54. The molecular formula is C24H16F4N2O3S. The maximum Gasteiger partial charge on any atom is 0.304 e. The molecule has 0 saturated heterocycles. The first kappa shape index (κ1) is 23.4. The van der Waals surface area contributed by atoms with E-state index in [0.29, 0.717) is 10.7 Å². The number of hydrogen-bond donors (Lipinski definition) is 0. The van der Waals surface area contributed by atoms with Crippen molar-refractivity contribution in [2.45, 2.75) is 10.8 Å². The summed E-state index contributed by atoms with van der Waals surface area (Å²) in [5.41, 5.74) is -3.02. The van der Waals surface area contributed by atoms with Crippen molar-refractivity contribution in [1.29, 1.82) is 0 Å². The van der Waals surface area contributed by atoms with Crippen LogP contribution in [-0.2, 0) is 15.8 Å². The van der Waals surface area contributed by atoms with Crippen LogP contribution in [0, 0.1) is 11.6 Å². The second-order valence-electron chi connectivity index (χ2n) is 7.49. The highest BCUT2D eigenvalue weighted by molar-refractivity contribution is 7.90. The zero-order valence-electron chi connectivity index (χ0n) is 17.5. The zero-order chi connectivity index (χ0) is 24.7. The fraction of sp³-hybridized carbons (Fsp3) is 0.0833. The second kappa shape index (κ2) is 8.53. The molecular weight excluding hydrogens is 472 g/mol. The lowest BCUT2D eigenvalue weighted by atomic mass is 9.94. The summed E-state index contributed by atoms with van der Waals surface area (Å²) in [6.45, 7) is 0. The average molecular weight is 488 g/mol. The van der Waals surface area contributed by atoms with Gasteiger partial charge in [0, 0.05) is 23.4 Å². The zero-order valence-corrected chi connectivity index (χ0v) is 18.4. The number of alkyl halides is 2. The molecule has 1 aromatic heterocycles. The smallest absolute Gasteiger partial charge is 0.267 e. The van der Waals surface area contributed by atoms with E-state index >= 15 is 8.78 Å². The highest BCUT2D eigenvalue weighted by Crippen LogP contribution is 2.39. The SMILES string of the molecule is CS(=O)(=O)c1ccc(-c2cnn(-c3ccc(F)c(F)c3)c(=O)c2C(F)(F)c2ccccc2)cc1. The summed E-state index contributed by atoms with van der Waals surface area (Å²) in [5, 5.41) is 3.90. The first-order valence-electron chi connectivity index (χ1n) is 9.82. The van der Waals surface area contributed by atoms with Crippen molar-refractivity contribution in [3.05, 3.63) is 112 Å². The van der Waals surface area contributed by atoms with Crippen LogP contribution in [0.4, 0.5) is 17.6 Å². The van der Waals surface area contributed by atoms with Crippen molar-refractivity contribution in [2.75, 3.05) is 6.26 Å². The van der Waals surface area contributed by atoms with Crippen molar-refractivity contribution < 1.29 is 26.0 Å². The van der Waals surface area contributed by atoms with Gasteiger partial charge in [-0.2, -0.15) is 18.6 Å². The number of hydrogen-bond acceptors (Lipinski definition) is 4. The van der Waals surface area contributed by atoms with E-state index in [0.717, 1.165) is 36.7 Å². The van der Waals surface area contributed by atoms with Gasteiger partial charge in [-0.3, -0.25) is 4.79 Å².